The smallest absolute Gasteiger partial charge is 0.347 e. The Morgan fingerprint density at radius 3 is 2.52 bits per heavy atom. The van der Waals surface area contributed by atoms with E-state index in [4.69, 9.17) is 0 Å². The molecule has 1 aromatic carbocycles. The lowest BCUT2D eigenvalue weighted by molar-refractivity contribution is -0.146. The summed E-state index contributed by atoms with van der Waals surface area (Å²) in [6.07, 6.45) is -4.58. The van der Waals surface area contributed by atoms with Crippen molar-refractivity contribution in [1.82, 2.24) is 19.8 Å². The van der Waals surface area contributed by atoms with Gasteiger partial charge in [-0.2, -0.15) is 13.2 Å². The lowest BCUT2D eigenvalue weighted by atomic mass is 10.2. The van der Waals surface area contributed by atoms with Gasteiger partial charge in [-0.3, -0.25) is 9.59 Å². The molecule has 0 atom stereocenters. The van der Waals surface area contributed by atoms with E-state index < -0.39 is 23.8 Å². The maximum absolute atomic E-state index is 12.9. The molecule has 0 unspecified atom stereocenters. The largest absolute Gasteiger partial charge is 0.449 e. The van der Waals surface area contributed by atoms with Crippen LogP contribution < -0.4 is 10.6 Å². The fraction of sp³-hybridized carbons (Fsp3) is 0.400. The summed E-state index contributed by atoms with van der Waals surface area (Å²) in [5.41, 5.74) is 0.522. The predicted octanol–water partition coefficient (Wildman–Crippen LogP) is 1.21. The van der Waals surface area contributed by atoms with E-state index in [9.17, 15) is 22.8 Å². The van der Waals surface area contributed by atoms with Crippen molar-refractivity contribution in [1.29, 1.82) is 0 Å². The monoisotopic (exact) mass is 357 g/mol. The van der Waals surface area contributed by atoms with E-state index in [0.717, 1.165) is 4.57 Å². The molecule has 10 heteroatoms. The van der Waals surface area contributed by atoms with Gasteiger partial charge in [-0.15, -0.1) is 0 Å². The molecule has 0 fully saturated rings. The average molecular weight is 357 g/mol. The second kappa shape index (κ2) is 7.09. The second-order valence-electron chi connectivity index (χ2n) is 5.71. The number of alkyl halides is 3. The summed E-state index contributed by atoms with van der Waals surface area (Å²) in [4.78, 5) is 28.9. The zero-order valence-electron chi connectivity index (χ0n) is 13.9. The van der Waals surface area contributed by atoms with Crippen LogP contribution in [0.25, 0.3) is 11.0 Å². The van der Waals surface area contributed by atoms with E-state index in [1.54, 1.807) is 0 Å². The highest BCUT2D eigenvalue weighted by Crippen LogP contribution is 2.31. The maximum Gasteiger partial charge on any atom is 0.449 e. The Hall–Kier alpha value is -2.62. The van der Waals surface area contributed by atoms with Crippen molar-refractivity contribution < 1.29 is 22.8 Å². The van der Waals surface area contributed by atoms with Crippen LogP contribution in [0.5, 0.6) is 0 Å². The number of anilines is 1. The number of hydrogen-bond acceptors (Lipinski definition) is 4. The molecule has 0 saturated carbocycles. The first-order valence-corrected chi connectivity index (χ1v) is 7.37. The molecule has 0 aliphatic carbocycles. The Balaban J connectivity index is 2.11. The van der Waals surface area contributed by atoms with E-state index in [1.165, 1.54) is 25.2 Å². The van der Waals surface area contributed by atoms with Crippen LogP contribution in [-0.2, 0) is 22.8 Å². The number of aryl methyl sites for hydroxylation is 1. The second-order valence-corrected chi connectivity index (χ2v) is 5.71. The van der Waals surface area contributed by atoms with Crippen molar-refractivity contribution in [3.63, 3.8) is 0 Å². The van der Waals surface area contributed by atoms with Gasteiger partial charge in [0.25, 0.3) is 0 Å². The van der Waals surface area contributed by atoms with E-state index in [2.05, 4.69) is 15.6 Å². The molecule has 2 rings (SSSR count). The average Bonchev–Trinajstić information content (AvgIpc) is 2.83. The molecule has 0 saturated heterocycles. The van der Waals surface area contributed by atoms with Crippen LogP contribution in [0.4, 0.5) is 18.9 Å². The zero-order chi connectivity index (χ0) is 18.8. The molecule has 1 heterocycles. The molecule has 0 bridgehead atoms. The van der Waals surface area contributed by atoms with Crippen molar-refractivity contribution >= 4 is 28.5 Å². The minimum Gasteiger partial charge on any atom is -0.347 e. The summed E-state index contributed by atoms with van der Waals surface area (Å²) >= 11 is 0. The van der Waals surface area contributed by atoms with Gasteiger partial charge in [-0.05, 0) is 32.3 Å². The van der Waals surface area contributed by atoms with Gasteiger partial charge in [0.2, 0.25) is 5.82 Å². The van der Waals surface area contributed by atoms with Gasteiger partial charge in [0.15, 0.2) is 0 Å². The molecule has 0 aliphatic rings. The summed E-state index contributed by atoms with van der Waals surface area (Å²) in [5.74, 6) is -2.75. The van der Waals surface area contributed by atoms with E-state index >= 15 is 0 Å². The summed E-state index contributed by atoms with van der Waals surface area (Å²) in [6, 6.07) is 4.10. The van der Waals surface area contributed by atoms with E-state index in [1.807, 2.05) is 19.0 Å². The molecule has 0 spiro atoms. The van der Waals surface area contributed by atoms with Crippen molar-refractivity contribution in [2.75, 3.05) is 32.5 Å². The summed E-state index contributed by atoms with van der Waals surface area (Å²) in [6.45, 7) is 0.868. The highest BCUT2D eigenvalue weighted by atomic mass is 19.4. The summed E-state index contributed by atoms with van der Waals surface area (Å²) in [5, 5.41) is 4.79. The number of rotatable bonds is 4. The Morgan fingerprint density at radius 1 is 1.24 bits per heavy atom. The van der Waals surface area contributed by atoms with Gasteiger partial charge >= 0.3 is 18.0 Å². The topological polar surface area (TPSA) is 79.3 Å². The number of imidazole rings is 1. The number of fused-ring (bicyclic) bond motifs is 1. The van der Waals surface area contributed by atoms with E-state index in [0.29, 0.717) is 13.1 Å². The number of carbonyl (C=O) groups is 2. The van der Waals surface area contributed by atoms with Gasteiger partial charge in [0.1, 0.15) is 0 Å². The number of halogens is 3. The highest BCUT2D eigenvalue weighted by Gasteiger charge is 2.36. The first-order valence-electron chi connectivity index (χ1n) is 7.37. The number of carbonyl (C=O) groups excluding carboxylic acids is 2. The standard InChI is InChI=1S/C15H18F3N5O2/c1-22(2)7-6-19-12(24)13(25)20-9-4-5-11-10(8-9)21-14(23(11)3)15(16,17)18/h4-5,8H,6-7H2,1-3H3,(H,19,24)(H,20,25). The van der Waals surface area contributed by atoms with Gasteiger partial charge in [0.05, 0.1) is 11.0 Å². The van der Waals surface area contributed by atoms with Crippen molar-refractivity contribution in [3.8, 4) is 0 Å². The molecule has 7 nitrogen and oxygen atoms in total. The number of aromatic nitrogens is 2. The first kappa shape index (κ1) is 18.7. The third-order valence-electron chi connectivity index (χ3n) is 3.44. The number of nitrogens with zero attached hydrogens (tertiary/aromatic N) is 3. The highest BCUT2D eigenvalue weighted by molar-refractivity contribution is 6.39. The lowest BCUT2D eigenvalue weighted by Crippen LogP contribution is -2.38. The van der Waals surface area contributed by atoms with Crippen LogP contribution in [0.2, 0.25) is 0 Å². The molecular weight excluding hydrogens is 339 g/mol. The van der Waals surface area contributed by atoms with Gasteiger partial charge in [-0.1, -0.05) is 0 Å². The first-order chi connectivity index (χ1) is 11.6. The molecule has 136 valence electrons. The Kier molecular flexibility index (Phi) is 5.31. The molecule has 25 heavy (non-hydrogen) atoms. The Morgan fingerprint density at radius 2 is 1.92 bits per heavy atom. The fourth-order valence-electron chi connectivity index (χ4n) is 2.19. The summed E-state index contributed by atoms with van der Waals surface area (Å²) < 4.78 is 39.5. The van der Waals surface area contributed by atoms with Crippen LogP contribution in [0.15, 0.2) is 18.2 Å². The Bertz CT molecular complexity index is 798. The SMILES string of the molecule is CN(C)CCNC(=O)C(=O)Nc1ccc2c(c1)nc(C(F)(F)F)n2C. The van der Waals surface area contributed by atoms with E-state index in [-0.39, 0.29) is 16.7 Å². The number of amides is 2. The minimum absolute atomic E-state index is 0.0700. The quantitative estimate of drug-likeness (QED) is 0.806. The fourth-order valence-corrected chi connectivity index (χ4v) is 2.19. The normalized spacial score (nSPS) is 11.8. The molecule has 0 radical (unpaired) electrons. The molecule has 2 amide bonds. The van der Waals surface area contributed by atoms with Crippen molar-refractivity contribution in [2.24, 2.45) is 7.05 Å². The van der Waals surface area contributed by atoms with Crippen LogP contribution in [0, 0.1) is 0 Å². The van der Waals surface area contributed by atoms with Gasteiger partial charge < -0.3 is 20.1 Å². The number of hydrogen-bond donors (Lipinski definition) is 2. The molecule has 2 aromatic rings. The molecular formula is C15H18F3N5O2. The van der Waals surface area contributed by atoms with Crippen molar-refractivity contribution in [2.45, 2.75) is 6.18 Å². The predicted molar refractivity (Wildman–Crippen MR) is 85.9 cm³/mol. The van der Waals surface area contributed by atoms with Crippen LogP contribution in [0.1, 0.15) is 5.82 Å². The van der Waals surface area contributed by atoms with Crippen LogP contribution in [-0.4, -0.2) is 53.5 Å². The molecule has 0 aliphatic heterocycles. The van der Waals surface area contributed by atoms with Gasteiger partial charge in [0, 0.05) is 25.8 Å². The molecule has 2 N–H and O–H groups in total. The zero-order valence-corrected chi connectivity index (χ0v) is 13.9. The Labute approximate surface area is 141 Å². The molecule has 1 aromatic heterocycles. The summed E-state index contributed by atoms with van der Waals surface area (Å²) in [7, 11) is 4.90. The van der Waals surface area contributed by atoms with Gasteiger partial charge in [-0.25, -0.2) is 4.98 Å². The van der Waals surface area contributed by atoms with Crippen LogP contribution >= 0.6 is 0 Å². The third-order valence-corrected chi connectivity index (χ3v) is 3.44. The number of nitrogens with one attached hydrogen (secondary N) is 2. The maximum atomic E-state index is 12.9. The number of benzene rings is 1. The number of likely N-dealkylation sites (N-methyl/N-ethyl adjacent to an activating group) is 1. The lowest BCUT2D eigenvalue weighted by Gasteiger charge is -2.10. The van der Waals surface area contributed by atoms with Crippen LogP contribution in [0.3, 0.4) is 0 Å². The van der Waals surface area contributed by atoms with Crippen molar-refractivity contribution in [3.05, 3.63) is 24.0 Å². The minimum atomic E-state index is -4.58. The third kappa shape index (κ3) is 4.47.